The fourth-order valence-corrected chi connectivity index (χ4v) is 3.77. The van der Waals surface area contributed by atoms with Gasteiger partial charge >= 0.3 is 0 Å². The van der Waals surface area contributed by atoms with E-state index in [4.69, 9.17) is 11.2 Å². The maximum absolute atomic E-state index is 12.9. The molecule has 0 spiro atoms. The number of halogens is 1. The first-order valence-electron chi connectivity index (χ1n) is 9.47. The summed E-state index contributed by atoms with van der Waals surface area (Å²) in [5, 5.41) is 3.54. The van der Waals surface area contributed by atoms with E-state index in [0.717, 1.165) is 47.2 Å². The smallest absolute Gasteiger partial charge is 0.187 e. The van der Waals surface area contributed by atoms with Crippen molar-refractivity contribution in [2.45, 2.75) is 37.6 Å². The molecule has 0 heterocycles. The van der Waals surface area contributed by atoms with Gasteiger partial charge in [-0.2, -0.15) is 0 Å². The summed E-state index contributed by atoms with van der Waals surface area (Å²) in [7, 11) is 1.61. The summed E-state index contributed by atoms with van der Waals surface area (Å²) in [6.07, 6.45) is 12.8. The molecule has 0 saturated heterocycles. The van der Waals surface area contributed by atoms with Crippen LogP contribution in [0.3, 0.4) is 0 Å². The highest BCUT2D eigenvalue weighted by Gasteiger charge is 2.30. The van der Waals surface area contributed by atoms with Gasteiger partial charge in [-0.05, 0) is 54.8 Å². The zero-order chi connectivity index (χ0) is 20.0. The van der Waals surface area contributed by atoms with Crippen LogP contribution in [-0.4, -0.2) is 18.4 Å². The fourth-order valence-electron chi connectivity index (χ4n) is 3.51. The molecule has 3 rings (SSSR count). The highest BCUT2D eigenvalue weighted by atomic mass is 79.9. The molecule has 1 N–H and O–H groups in total. The molecule has 3 nitrogen and oxygen atoms in total. The van der Waals surface area contributed by atoms with Gasteiger partial charge in [0.2, 0.25) is 0 Å². The molecule has 0 aliphatic heterocycles. The number of hydrogen-bond acceptors (Lipinski definition) is 3. The van der Waals surface area contributed by atoms with E-state index in [1.54, 1.807) is 37.5 Å². The highest BCUT2D eigenvalue weighted by Crippen LogP contribution is 2.30. The second-order valence-corrected chi connectivity index (χ2v) is 7.99. The maximum Gasteiger partial charge on any atom is 0.187 e. The van der Waals surface area contributed by atoms with E-state index in [2.05, 4.69) is 27.2 Å². The monoisotopic (exact) mass is 437 g/mol. The summed E-state index contributed by atoms with van der Waals surface area (Å²) in [4.78, 5) is 12.9. The van der Waals surface area contributed by atoms with Crippen molar-refractivity contribution in [2.24, 2.45) is 0 Å². The molecule has 144 valence electrons. The number of ketones is 1. The number of terminal acetylenes is 1. The molecule has 4 heteroatoms. The minimum atomic E-state index is -0.405. The van der Waals surface area contributed by atoms with Crippen molar-refractivity contribution in [3.05, 3.63) is 70.2 Å². The zero-order valence-electron chi connectivity index (χ0n) is 16.0. The molecule has 1 aliphatic carbocycles. The van der Waals surface area contributed by atoms with Crippen molar-refractivity contribution >= 4 is 27.4 Å². The van der Waals surface area contributed by atoms with Gasteiger partial charge in [0.25, 0.3) is 0 Å². The fraction of sp³-hybridized carbons (Fsp3) is 0.292. The molecular weight excluding hydrogens is 414 g/mol. The summed E-state index contributed by atoms with van der Waals surface area (Å²) in [5.41, 5.74) is 1.89. The van der Waals surface area contributed by atoms with Crippen molar-refractivity contribution < 1.29 is 9.53 Å². The van der Waals surface area contributed by atoms with Crippen LogP contribution < -0.4 is 10.1 Å². The molecule has 28 heavy (non-hydrogen) atoms. The van der Waals surface area contributed by atoms with Gasteiger partial charge in [0.1, 0.15) is 5.75 Å². The SMILES string of the molecule is C#CC1(N/C(=C\C(=O)c2ccc(OC)cc2)c2ccc(Br)cc2)CCCCC1. The number of hydrogen-bond donors (Lipinski definition) is 1. The molecule has 2 aromatic rings. The number of carbonyl (C=O) groups is 1. The van der Waals surface area contributed by atoms with Crippen molar-refractivity contribution in [3.63, 3.8) is 0 Å². The topological polar surface area (TPSA) is 38.3 Å². The van der Waals surface area contributed by atoms with Crippen molar-refractivity contribution in [3.8, 4) is 18.1 Å². The third kappa shape index (κ3) is 4.85. The number of nitrogens with one attached hydrogen (secondary N) is 1. The first-order valence-corrected chi connectivity index (χ1v) is 10.3. The quantitative estimate of drug-likeness (QED) is 0.362. The van der Waals surface area contributed by atoms with Gasteiger partial charge in [0, 0.05) is 21.8 Å². The van der Waals surface area contributed by atoms with Crippen LogP contribution in [0, 0.1) is 12.3 Å². The predicted octanol–water partition coefficient (Wildman–Crippen LogP) is 5.61. The van der Waals surface area contributed by atoms with E-state index in [0.29, 0.717) is 5.56 Å². The number of ether oxygens (including phenoxy) is 1. The van der Waals surface area contributed by atoms with E-state index in [9.17, 15) is 4.79 Å². The van der Waals surface area contributed by atoms with Gasteiger partial charge in [0.15, 0.2) is 5.78 Å². The van der Waals surface area contributed by atoms with Gasteiger partial charge in [0.05, 0.1) is 12.6 Å². The Morgan fingerprint density at radius 2 is 1.68 bits per heavy atom. The third-order valence-corrected chi connectivity index (χ3v) is 5.69. The Hall–Kier alpha value is -2.51. The molecule has 1 aliphatic rings. The lowest BCUT2D eigenvalue weighted by Crippen LogP contribution is -2.44. The van der Waals surface area contributed by atoms with Crippen LogP contribution in [0.15, 0.2) is 59.1 Å². The normalized spacial score (nSPS) is 16.1. The van der Waals surface area contributed by atoms with Gasteiger partial charge < -0.3 is 10.1 Å². The predicted molar refractivity (Wildman–Crippen MR) is 117 cm³/mol. The highest BCUT2D eigenvalue weighted by molar-refractivity contribution is 9.10. The van der Waals surface area contributed by atoms with Crippen LogP contribution in [0.4, 0.5) is 0 Å². The van der Waals surface area contributed by atoms with Crippen LogP contribution in [0.25, 0.3) is 5.70 Å². The number of rotatable bonds is 6. The summed E-state index contributed by atoms with van der Waals surface area (Å²) < 4.78 is 6.16. The second-order valence-electron chi connectivity index (χ2n) is 7.07. The number of allylic oxidation sites excluding steroid dienone is 1. The Morgan fingerprint density at radius 1 is 1.07 bits per heavy atom. The molecular formula is C24H24BrNO2. The number of methoxy groups -OCH3 is 1. The van der Waals surface area contributed by atoms with Crippen LogP contribution in [0.1, 0.15) is 48.0 Å². The minimum Gasteiger partial charge on any atom is -0.497 e. The molecule has 0 radical (unpaired) electrons. The number of carbonyl (C=O) groups excluding carboxylic acids is 1. The van der Waals surface area contributed by atoms with Crippen molar-refractivity contribution in [1.29, 1.82) is 0 Å². The average Bonchev–Trinajstić information content (AvgIpc) is 2.74. The van der Waals surface area contributed by atoms with Gasteiger partial charge in [-0.3, -0.25) is 4.79 Å². The molecule has 0 aromatic heterocycles. The Bertz CT molecular complexity index is 886. The zero-order valence-corrected chi connectivity index (χ0v) is 17.6. The van der Waals surface area contributed by atoms with Crippen LogP contribution in [-0.2, 0) is 0 Å². The van der Waals surface area contributed by atoms with Gasteiger partial charge in [-0.1, -0.05) is 53.2 Å². The average molecular weight is 438 g/mol. The molecule has 0 atom stereocenters. The summed E-state index contributed by atoms with van der Waals surface area (Å²) >= 11 is 3.47. The van der Waals surface area contributed by atoms with Crippen LogP contribution in [0.5, 0.6) is 5.75 Å². The maximum atomic E-state index is 12.9. The van der Waals surface area contributed by atoms with E-state index in [1.165, 1.54) is 6.42 Å². The van der Waals surface area contributed by atoms with Gasteiger partial charge in [-0.25, -0.2) is 0 Å². The Kier molecular flexibility index (Phi) is 6.59. The molecule has 0 unspecified atom stereocenters. The standard InChI is InChI=1S/C24H24BrNO2/c1-3-24(15-5-4-6-16-24)26-22(18-7-11-20(25)12-8-18)17-23(27)19-9-13-21(28-2)14-10-19/h1,7-14,17,26H,4-6,15-16H2,2H3/b22-17-. The van der Waals surface area contributed by atoms with Gasteiger partial charge in [-0.15, -0.1) is 6.42 Å². The first kappa shape index (κ1) is 20.2. The summed E-state index contributed by atoms with van der Waals surface area (Å²) in [6.45, 7) is 0. The van der Waals surface area contributed by atoms with E-state index < -0.39 is 5.54 Å². The minimum absolute atomic E-state index is 0.0731. The van der Waals surface area contributed by atoms with E-state index in [-0.39, 0.29) is 5.78 Å². The number of benzene rings is 2. The second kappa shape index (κ2) is 9.12. The van der Waals surface area contributed by atoms with Crippen LogP contribution in [0.2, 0.25) is 0 Å². The molecule has 2 aromatic carbocycles. The third-order valence-electron chi connectivity index (χ3n) is 5.16. The van der Waals surface area contributed by atoms with E-state index in [1.807, 2.05) is 24.3 Å². The first-order chi connectivity index (χ1) is 13.5. The lowest BCUT2D eigenvalue weighted by molar-refractivity contribution is 0.104. The molecule has 0 bridgehead atoms. The van der Waals surface area contributed by atoms with Crippen molar-refractivity contribution in [2.75, 3.05) is 7.11 Å². The lowest BCUT2D eigenvalue weighted by Gasteiger charge is -2.35. The Labute approximate surface area is 175 Å². The van der Waals surface area contributed by atoms with Crippen molar-refractivity contribution in [1.82, 2.24) is 5.32 Å². The summed E-state index contributed by atoms with van der Waals surface area (Å²) in [6, 6.07) is 15.0. The molecule has 0 amide bonds. The molecule has 1 fully saturated rings. The lowest BCUT2D eigenvalue weighted by atomic mass is 9.82. The Balaban J connectivity index is 1.94. The largest absolute Gasteiger partial charge is 0.497 e. The summed E-state index contributed by atoms with van der Waals surface area (Å²) in [5.74, 6) is 3.62. The Morgan fingerprint density at radius 3 is 2.25 bits per heavy atom. The molecule has 1 saturated carbocycles. The van der Waals surface area contributed by atoms with Crippen LogP contribution >= 0.6 is 15.9 Å². The van der Waals surface area contributed by atoms with E-state index >= 15 is 0 Å².